The highest BCUT2D eigenvalue weighted by atomic mass is 19.1. The molecule has 1 aromatic heterocycles. The van der Waals surface area contributed by atoms with Crippen molar-refractivity contribution < 1.29 is 23.5 Å². The van der Waals surface area contributed by atoms with Gasteiger partial charge < -0.3 is 19.3 Å². The normalized spacial score (nSPS) is 20.9. The number of carbonyl (C=O) groups is 2. The molecule has 0 bridgehead atoms. The van der Waals surface area contributed by atoms with Crippen LogP contribution in [0.5, 0.6) is 5.75 Å². The molecule has 8 nitrogen and oxygen atoms in total. The quantitative estimate of drug-likeness (QED) is 0.561. The van der Waals surface area contributed by atoms with Crippen molar-refractivity contribution in [1.29, 1.82) is 0 Å². The maximum absolute atomic E-state index is 13.3. The molecule has 1 aromatic carbocycles. The molecule has 184 valence electrons. The van der Waals surface area contributed by atoms with Crippen molar-refractivity contribution in [3.8, 4) is 5.75 Å². The van der Waals surface area contributed by atoms with Crippen molar-refractivity contribution in [2.45, 2.75) is 50.7 Å². The summed E-state index contributed by atoms with van der Waals surface area (Å²) in [6, 6.07) is 7.63. The second-order valence-corrected chi connectivity index (χ2v) is 9.08. The van der Waals surface area contributed by atoms with Gasteiger partial charge in [-0.1, -0.05) is 0 Å². The Morgan fingerprint density at radius 2 is 1.85 bits per heavy atom. The lowest BCUT2D eigenvalue weighted by Crippen LogP contribution is -2.58. The minimum atomic E-state index is -0.946. The Morgan fingerprint density at radius 3 is 2.59 bits per heavy atom. The van der Waals surface area contributed by atoms with Crippen LogP contribution >= 0.6 is 0 Å². The number of likely N-dealkylation sites (tertiary alicyclic amines) is 1. The highest BCUT2D eigenvalue weighted by Gasteiger charge is 2.42. The maximum Gasteiger partial charge on any atom is 0.225 e. The Kier molecular flexibility index (Phi) is 8.16. The van der Waals surface area contributed by atoms with Crippen LogP contribution in [0.1, 0.15) is 38.5 Å². The average molecular weight is 473 g/mol. The Hall–Kier alpha value is -2.94. The van der Waals surface area contributed by atoms with E-state index < -0.39 is 5.60 Å². The number of ether oxygens (including phenoxy) is 2. The van der Waals surface area contributed by atoms with E-state index in [9.17, 15) is 14.0 Å². The Bertz CT molecular complexity index is 931. The van der Waals surface area contributed by atoms with Crippen molar-refractivity contribution in [3.05, 3.63) is 48.5 Å². The Morgan fingerprint density at radius 1 is 1.06 bits per heavy atom. The van der Waals surface area contributed by atoms with Crippen molar-refractivity contribution in [3.63, 3.8) is 0 Å². The van der Waals surface area contributed by atoms with Gasteiger partial charge in [0.15, 0.2) is 0 Å². The van der Waals surface area contributed by atoms with Crippen LogP contribution in [0, 0.1) is 5.82 Å². The summed E-state index contributed by atoms with van der Waals surface area (Å²) >= 11 is 0. The molecule has 0 radical (unpaired) electrons. The van der Waals surface area contributed by atoms with Crippen LogP contribution in [0.15, 0.2) is 42.7 Å². The van der Waals surface area contributed by atoms with Crippen LogP contribution in [0.3, 0.4) is 0 Å². The average Bonchev–Trinajstić information content (AvgIpc) is 3.38. The van der Waals surface area contributed by atoms with Gasteiger partial charge in [-0.25, -0.2) is 4.39 Å². The van der Waals surface area contributed by atoms with Crippen molar-refractivity contribution in [1.82, 2.24) is 19.6 Å². The number of halogens is 1. The van der Waals surface area contributed by atoms with Crippen molar-refractivity contribution in [2.75, 3.05) is 39.4 Å². The van der Waals surface area contributed by atoms with E-state index in [-0.39, 0.29) is 37.2 Å². The number of morpholine rings is 1. The van der Waals surface area contributed by atoms with E-state index in [1.165, 1.54) is 12.1 Å². The first-order valence-corrected chi connectivity index (χ1v) is 12.1. The summed E-state index contributed by atoms with van der Waals surface area (Å²) < 4.78 is 27.2. The number of benzene rings is 1. The molecule has 2 fully saturated rings. The molecular formula is C25H33FN4O4. The molecule has 34 heavy (non-hydrogen) atoms. The predicted octanol–water partition coefficient (Wildman–Crippen LogP) is 2.88. The standard InChI is InChI=1S/C25H33FN4O4/c26-21-7-9-22(10-8-21)33-20-25(18-24(32)28-12-2-1-3-13-28)19-29(16-17-34-25)23(31)6-4-14-30-15-5-11-27-30/h5,7-11,15H,1-4,6,12-14,16-20H2. The third kappa shape index (κ3) is 6.56. The minimum absolute atomic E-state index is 0.0235. The SMILES string of the molecule is O=C(CC1(COc2ccc(F)cc2)CN(C(=O)CCCn2cccn2)CCO1)N1CCCCC1. The van der Waals surface area contributed by atoms with Gasteiger partial charge in [0.25, 0.3) is 0 Å². The van der Waals surface area contributed by atoms with Crippen molar-refractivity contribution in [2.24, 2.45) is 0 Å². The lowest BCUT2D eigenvalue weighted by molar-refractivity contribution is -0.166. The van der Waals surface area contributed by atoms with Gasteiger partial charge in [0.2, 0.25) is 11.8 Å². The maximum atomic E-state index is 13.3. The fourth-order valence-electron chi connectivity index (χ4n) is 4.56. The molecule has 2 amide bonds. The van der Waals surface area contributed by atoms with Crippen molar-refractivity contribution >= 4 is 11.8 Å². The highest BCUT2D eigenvalue weighted by molar-refractivity contribution is 5.79. The summed E-state index contributed by atoms with van der Waals surface area (Å²) in [5.41, 5.74) is -0.946. The van der Waals surface area contributed by atoms with Gasteiger partial charge in [0.1, 0.15) is 23.8 Å². The van der Waals surface area contributed by atoms with E-state index >= 15 is 0 Å². The first-order chi connectivity index (χ1) is 16.5. The highest BCUT2D eigenvalue weighted by Crippen LogP contribution is 2.27. The van der Waals surface area contributed by atoms with Crippen LogP contribution in [0.25, 0.3) is 0 Å². The van der Waals surface area contributed by atoms with Gasteiger partial charge in [-0.05, 0) is 56.0 Å². The van der Waals surface area contributed by atoms with E-state index in [4.69, 9.17) is 9.47 Å². The van der Waals surface area contributed by atoms with Gasteiger partial charge in [-0.15, -0.1) is 0 Å². The summed E-state index contributed by atoms with van der Waals surface area (Å²) in [5, 5.41) is 4.17. The monoisotopic (exact) mass is 472 g/mol. The fourth-order valence-corrected chi connectivity index (χ4v) is 4.56. The second kappa shape index (κ2) is 11.5. The van der Waals surface area contributed by atoms with E-state index in [1.807, 2.05) is 21.8 Å². The number of carbonyl (C=O) groups excluding carboxylic acids is 2. The van der Waals surface area contributed by atoms with Crippen LogP contribution in [0.2, 0.25) is 0 Å². The molecule has 1 atom stereocenters. The van der Waals surface area contributed by atoms with E-state index in [0.717, 1.165) is 32.4 Å². The zero-order valence-electron chi connectivity index (χ0n) is 19.5. The lowest BCUT2D eigenvalue weighted by atomic mass is 9.96. The molecule has 2 saturated heterocycles. The zero-order valence-corrected chi connectivity index (χ0v) is 19.5. The summed E-state index contributed by atoms with van der Waals surface area (Å²) in [4.78, 5) is 29.8. The van der Waals surface area contributed by atoms with Gasteiger partial charge in [-0.3, -0.25) is 14.3 Å². The molecule has 0 saturated carbocycles. The van der Waals surface area contributed by atoms with E-state index in [2.05, 4.69) is 5.10 Å². The van der Waals surface area contributed by atoms with Gasteiger partial charge in [-0.2, -0.15) is 5.10 Å². The lowest BCUT2D eigenvalue weighted by Gasteiger charge is -2.43. The number of hydrogen-bond acceptors (Lipinski definition) is 5. The Balaban J connectivity index is 1.41. The van der Waals surface area contributed by atoms with Crippen LogP contribution in [-0.4, -0.2) is 76.4 Å². The number of hydrogen-bond donors (Lipinski definition) is 0. The number of nitrogens with zero attached hydrogens (tertiary/aromatic N) is 4. The molecule has 0 spiro atoms. The van der Waals surface area contributed by atoms with Gasteiger partial charge >= 0.3 is 0 Å². The molecule has 2 aliphatic heterocycles. The molecule has 4 rings (SSSR count). The Labute approximate surface area is 199 Å². The zero-order chi connectivity index (χ0) is 23.8. The minimum Gasteiger partial charge on any atom is -0.490 e. The first-order valence-electron chi connectivity index (χ1n) is 12.1. The second-order valence-electron chi connectivity index (χ2n) is 9.08. The van der Waals surface area contributed by atoms with Crippen LogP contribution in [0.4, 0.5) is 4.39 Å². The van der Waals surface area contributed by atoms with E-state index in [0.29, 0.717) is 38.3 Å². The number of amides is 2. The number of rotatable bonds is 9. The van der Waals surface area contributed by atoms with Gasteiger partial charge in [0.05, 0.1) is 19.6 Å². The number of aromatic nitrogens is 2. The van der Waals surface area contributed by atoms with Crippen LogP contribution in [-0.2, 0) is 20.9 Å². The topological polar surface area (TPSA) is 76.9 Å². The van der Waals surface area contributed by atoms with Gasteiger partial charge in [0, 0.05) is 45.0 Å². The predicted molar refractivity (Wildman–Crippen MR) is 124 cm³/mol. The first kappa shape index (κ1) is 24.2. The third-order valence-electron chi connectivity index (χ3n) is 6.44. The molecule has 3 heterocycles. The molecular weight excluding hydrogens is 439 g/mol. The molecule has 0 N–H and O–H groups in total. The summed E-state index contributed by atoms with van der Waals surface area (Å²) in [6.45, 7) is 3.40. The number of aryl methyl sites for hydroxylation is 1. The van der Waals surface area contributed by atoms with Crippen LogP contribution < -0.4 is 4.74 Å². The summed E-state index contributed by atoms with van der Waals surface area (Å²) in [5.74, 6) is 0.211. The number of piperidine rings is 1. The molecule has 1 unspecified atom stereocenters. The molecule has 9 heteroatoms. The third-order valence-corrected chi connectivity index (χ3v) is 6.44. The van der Waals surface area contributed by atoms with E-state index in [1.54, 1.807) is 23.2 Å². The summed E-state index contributed by atoms with van der Waals surface area (Å²) in [6.07, 6.45) is 7.98. The molecule has 2 aromatic rings. The largest absolute Gasteiger partial charge is 0.490 e. The molecule has 2 aliphatic rings. The summed E-state index contributed by atoms with van der Waals surface area (Å²) in [7, 11) is 0. The molecule has 0 aliphatic carbocycles. The fraction of sp³-hybridized carbons (Fsp3) is 0.560. The smallest absolute Gasteiger partial charge is 0.225 e.